The number of methoxy groups -OCH3 is 1. The van der Waals surface area contributed by atoms with Crippen molar-refractivity contribution >= 4 is 16.8 Å². The Kier molecular flexibility index (Phi) is 4.20. The first-order valence-corrected chi connectivity index (χ1v) is 7.72. The summed E-state index contributed by atoms with van der Waals surface area (Å²) in [6.07, 6.45) is 0. The van der Waals surface area contributed by atoms with E-state index in [1.165, 1.54) is 7.11 Å². The second kappa shape index (κ2) is 6.31. The Morgan fingerprint density at radius 1 is 1.25 bits per heavy atom. The van der Waals surface area contributed by atoms with Crippen molar-refractivity contribution in [1.82, 2.24) is 19.9 Å². The number of benzene rings is 1. The van der Waals surface area contributed by atoms with Crippen LogP contribution in [0.3, 0.4) is 0 Å². The molecular formula is C18H20N4O2. The van der Waals surface area contributed by atoms with Crippen LogP contribution >= 0.6 is 0 Å². The van der Waals surface area contributed by atoms with Crippen LogP contribution in [0.2, 0.25) is 0 Å². The van der Waals surface area contributed by atoms with Gasteiger partial charge < -0.3 is 14.6 Å². The van der Waals surface area contributed by atoms with E-state index in [4.69, 9.17) is 4.74 Å². The average molecular weight is 324 g/mol. The van der Waals surface area contributed by atoms with Crippen LogP contribution in [0, 0.1) is 13.8 Å². The summed E-state index contributed by atoms with van der Waals surface area (Å²) >= 11 is 0. The molecule has 1 aromatic carbocycles. The molecule has 0 spiro atoms. The SMILES string of the molecule is COc1cc(C(=O)NCc2nc(C)c(C)n2C)c2ccccc2n1. The summed E-state index contributed by atoms with van der Waals surface area (Å²) in [7, 11) is 3.49. The molecule has 0 fully saturated rings. The first-order chi connectivity index (χ1) is 11.5. The van der Waals surface area contributed by atoms with Gasteiger partial charge in [0.1, 0.15) is 5.82 Å². The molecule has 0 bridgehead atoms. The predicted octanol–water partition coefficient (Wildman–Crippen LogP) is 2.52. The molecule has 0 atom stereocenters. The Balaban J connectivity index is 1.89. The van der Waals surface area contributed by atoms with E-state index in [1.54, 1.807) is 6.07 Å². The summed E-state index contributed by atoms with van der Waals surface area (Å²) in [5.74, 6) is 1.07. The van der Waals surface area contributed by atoms with Crippen molar-refractivity contribution in [2.75, 3.05) is 7.11 Å². The van der Waals surface area contributed by atoms with E-state index >= 15 is 0 Å². The van der Waals surface area contributed by atoms with Crippen molar-refractivity contribution in [2.45, 2.75) is 20.4 Å². The maximum Gasteiger partial charge on any atom is 0.252 e. The van der Waals surface area contributed by atoms with Gasteiger partial charge in [-0.05, 0) is 19.9 Å². The van der Waals surface area contributed by atoms with E-state index in [0.29, 0.717) is 18.0 Å². The van der Waals surface area contributed by atoms with Gasteiger partial charge in [-0.25, -0.2) is 9.97 Å². The van der Waals surface area contributed by atoms with Crippen molar-refractivity contribution in [3.63, 3.8) is 0 Å². The highest BCUT2D eigenvalue weighted by atomic mass is 16.5. The molecule has 0 saturated carbocycles. The van der Waals surface area contributed by atoms with Crippen molar-refractivity contribution < 1.29 is 9.53 Å². The van der Waals surface area contributed by atoms with Gasteiger partial charge >= 0.3 is 0 Å². The summed E-state index contributed by atoms with van der Waals surface area (Å²) in [6, 6.07) is 9.17. The molecular weight excluding hydrogens is 304 g/mol. The number of hydrogen-bond donors (Lipinski definition) is 1. The van der Waals surface area contributed by atoms with E-state index in [-0.39, 0.29) is 5.91 Å². The number of nitrogens with zero attached hydrogens (tertiary/aromatic N) is 3. The van der Waals surface area contributed by atoms with E-state index in [2.05, 4.69) is 15.3 Å². The lowest BCUT2D eigenvalue weighted by atomic mass is 10.1. The maximum atomic E-state index is 12.7. The number of amides is 1. The van der Waals surface area contributed by atoms with Crippen molar-refractivity contribution in [3.05, 3.63) is 53.1 Å². The summed E-state index contributed by atoms with van der Waals surface area (Å²) in [5, 5.41) is 3.73. The number of nitrogens with one attached hydrogen (secondary N) is 1. The highest BCUT2D eigenvalue weighted by Crippen LogP contribution is 2.22. The molecule has 0 aliphatic heterocycles. The van der Waals surface area contributed by atoms with Crippen LogP contribution in [0.25, 0.3) is 10.9 Å². The molecule has 124 valence electrons. The Morgan fingerprint density at radius 3 is 2.67 bits per heavy atom. The normalized spacial score (nSPS) is 10.8. The highest BCUT2D eigenvalue weighted by molar-refractivity contribution is 6.06. The first-order valence-electron chi connectivity index (χ1n) is 7.72. The first kappa shape index (κ1) is 16.0. The van der Waals surface area contributed by atoms with E-state index in [1.807, 2.05) is 49.7 Å². The number of imidazole rings is 1. The second-order valence-electron chi connectivity index (χ2n) is 5.67. The van der Waals surface area contributed by atoms with Gasteiger partial charge in [0, 0.05) is 24.2 Å². The number of ether oxygens (including phenoxy) is 1. The zero-order valence-electron chi connectivity index (χ0n) is 14.3. The van der Waals surface area contributed by atoms with Gasteiger partial charge in [0.2, 0.25) is 5.88 Å². The second-order valence-corrected chi connectivity index (χ2v) is 5.67. The fourth-order valence-electron chi connectivity index (χ4n) is 2.64. The molecule has 1 amide bonds. The minimum atomic E-state index is -0.176. The third-order valence-electron chi connectivity index (χ3n) is 4.26. The number of carbonyl (C=O) groups is 1. The summed E-state index contributed by atoms with van der Waals surface area (Å²) in [6.45, 7) is 4.33. The van der Waals surface area contributed by atoms with Gasteiger partial charge in [-0.1, -0.05) is 18.2 Å². The van der Waals surface area contributed by atoms with Crippen LogP contribution in [-0.4, -0.2) is 27.6 Å². The van der Waals surface area contributed by atoms with Crippen molar-refractivity contribution in [3.8, 4) is 5.88 Å². The molecule has 2 heterocycles. The smallest absolute Gasteiger partial charge is 0.252 e. The Morgan fingerprint density at radius 2 is 2.00 bits per heavy atom. The quantitative estimate of drug-likeness (QED) is 0.801. The zero-order valence-corrected chi connectivity index (χ0v) is 14.3. The topological polar surface area (TPSA) is 69.0 Å². The van der Waals surface area contributed by atoms with Gasteiger partial charge in [-0.15, -0.1) is 0 Å². The lowest BCUT2D eigenvalue weighted by Crippen LogP contribution is -2.25. The third-order valence-corrected chi connectivity index (χ3v) is 4.26. The predicted molar refractivity (Wildman–Crippen MR) is 92.1 cm³/mol. The van der Waals surface area contributed by atoms with Crippen LogP contribution in [-0.2, 0) is 13.6 Å². The zero-order chi connectivity index (χ0) is 17.3. The molecule has 3 aromatic rings. The summed E-state index contributed by atoms with van der Waals surface area (Å²) in [5.41, 5.74) is 3.33. The molecule has 6 heteroatoms. The number of rotatable bonds is 4. The fourth-order valence-corrected chi connectivity index (χ4v) is 2.64. The molecule has 0 radical (unpaired) electrons. The Labute approximate surface area is 140 Å². The van der Waals surface area contributed by atoms with E-state index in [9.17, 15) is 4.79 Å². The fraction of sp³-hybridized carbons (Fsp3) is 0.278. The number of carbonyl (C=O) groups excluding carboxylic acids is 1. The lowest BCUT2D eigenvalue weighted by molar-refractivity contribution is 0.0951. The van der Waals surface area contributed by atoms with Gasteiger partial charge in [0.25, 0.3) is 5.91 Å². The number of aromatic nitrogens is 3. The van der Waals surface area contributed by atoms with Crippen LogP contribution in [0.4, 0.5) is 0 Å². The number of para-hydroxylation sites is 1. The summed E-state index contributed by atoms with van der Waals surface area (Å²) in [4.78, 5) is 21.5. The average Bonchev–Trinajstić information content (AvgIpc) is 2.85. The number of pyridine rings is 1. The molecule has 0 aliphatic carbocycles. The molecule has 2 aromatic heterocycles. The molecule has 3 rings (SSSR count). The Hall–Kier alpha value is -2.89. The van der Waals surface area contributed by atoms with E-state index < -0.39 is 0 Å². The Bertz CT molecular complexity index is 915. The van der Waals surface area contributed by atoms with Gasteiger partial charge in [-0.3, -0.25) is 4.79 Å². The molecule has 1 N–H and O–H groups in total. The lowest BCUT2D eigenvalue weighted by Gasteiger charge is -2.10. The van der Waals surface area contributed by atoms with Crippen LogP contribution in [0.1, 0.15) is 27.6 Å². The third kappa shape index (κ3) is 2.82. The van der Waals surface area contributed by atoms with Crippen molar-refractivity contribution in [1.29, 1.82) is 0 Å². The standard InChI is InChI=1S/C18H20N4O2/c1-11-12(2)22(3)16(20-11)10-19-18(23)14-9-17(24-4)21-15-8-6-5-7-13(14)15/h5-9H,10H2,1-4H3,(H,19,23). The maximum absolute atomic E-state index is 12.7. The van der Waals surface area contributed by atoms with Gasteiger partial charge in [0.15, 0.2) is 0 Å². The van der Waals surface area contributed by atoms with Crippen molar-refractivity contribution in [2.24, 2.45) is 7.05 Å². The van der Waals surface area contributed by atoms with E-state index in [0.717, 1.165) is 28.1 Å². The van der Waals surface area contributed by atoms with Crippen LogP contribution in [0.15, 0.2) is 30.3 Å². The molecule has 0 saturated heterocycles. The number of hydrogen-bond acceptors (Lipinski definition) is 4. The highest BCUT2D eigenvalue weighted by Gasteiger charge is 2.15. The monoisotopic (exact) mass is 324 g/mol. The van der Waals surface area contributed by atoms with Crippen LogP contribution < -0.4 is 10.1 Å². The molecule has 0 aliphatic rings. The summed E-state index contributed by atoms with van der Waals surface area (Å²) < 4.78 is 7.19. The number of aryl methyl sites for hydroxylation is 1. The molecule has 0 unspecified atom stereocenters. The largest absolute Gasteiger partial charge is 0.481 e. The van der Waals surface area contributed by atoms with Crippen LogP contribution in [0.5, 0.6) is 5.88 Å². The van der Waals surface area contributed by atoms with Gasteiger partial charge in [0.05, 0.1) is 30.4 Å². The van der Waals surface area contributed by atoms with Gasteiger partial charge in [-0.2, -0.15) is 0 Å². The molecule has 6 nitrogen and oxygen atoms in total. The number of fused-ring (bicyclic) bond motifs is 1. The minimum absolute atomic E-state index is 0.176. The molecule has 24 heavy (non-hydrogen) atoms. The minimum Gasteiger partial charge on any atom is -0.481 e.